The second-order valence-corrected chi connectivity index (χ2v) is 5.47. The Morgan fingerprint density at radius 3 is 2.74 bits per heavy atom. The van der Waals surface area contributed by atoms with Crippen LogP contribution in [0.5, 0.6) is 0 Å². The van der Waals surface area contributed by atoms with Crippen LogP contribution >= 0.6 is 0 Å². The molecule has 0 amide bonds. The van der Waals surface area contributed by atoms with E-state index in [-0.39, 0.29) is 6.61 Å². The van der Waals surface area contributed by atoms with Crippen molar-refractivity contribution >= 4 is 0 Å². The predicted octanol–water partition coefficient (Wildman–Crippen LogP) is 2.65. The van der Waals surface area contributed by atoms with Crippen LogP contribution in [0.15, 0.2) is 24.3 Å². The first-order chi connectivity index (χ1) is 9.28. The second kappa shape index (κ2) is 7.33. The highest BCUT2D eigenvalue weighted by molar-refractivity contribution is 5.36. The quantitative estimate of drug-likeness (QED) is 0.823. The highest BCUT2D eigenvalue weighted by Gasteiger charge is 2.13. The molecule has 0 bridgehead atoms. The fourth-order valence-corrected chi connectivity index (χ4v) is 2.57. The van der Waals surface area contributed by atoms with Gasteiger partial charge in [-0.2, -0.15) is 0 Å². The topological polar surface area (TPSA) is 23.5 Å². The van der Waals surface area contributed by atoms with E-state index in [1.54, 1.807) is 0 Å². The minimum Gasteiger partial charge on any atom is -0.384 e. The molecule has 1 aliphatic rings. The molecule has 0 aromatic heterocycles. The maximum Gasteiger partial charge on any atom is 0.104 e. The van der Waals surface area contributed by atoms with Crippen molar-refractivity contribution in [1.29, 1.82) is 0 Å². The minimum absolute atomic E-state index is 0.0757. The van der Waals surface area contributed by atoms with Crippen molar-refractivity contribution in [3.8, 4) is 11.8 Å². The normalized spacial score (nSPS) is 20.4. The number of aliphatic hydroxyl groups excluding tert-OH is 1. The third kappa shape index (κ3) is 4.70. The maximum atomic E-state index is 8.67. The van der Waals surface area contributed by atoms with Crippen LogP contribution in [0, 0.1) is 17.8 Å². The average Bonchev–Trinajstić information content (AvgIpc) is 2.63. The first-order valence-electron chi connectivity index (χ1n) is 7.19. The molecule has 1 atom stereocenters. The Hall–Kier alpha value is -1.30. The Labute approximate surface area is 116 Å². The van der Waals surface area contributed by atoms with Gasteiger partial charge in [-0.15, -0.1) is 0 Å². The summed E-state index contributed by atoms with van der Waals surface area (Å²) < 4.78 is 0. The maximum absolute atomic E-state index is 8.67. The van der Waals surface area contributed by atoms with Gasteiger partial charge >= 0.3 is 0 Å². The number of hydrogen-bond donors (Lipinski definition) is 1. The summed E-state index contributed by atoms with van der Waals surface area (Å²) in [4.78, 5) is 2.55. The summed E-state index contributed by atoms with van der Waals surface area (Å²) in [6, 6.07) is 8.38. The Morgan fingerprint density at radius 1 is 1.21 bits per heavy atom. The van der Waals surface area contributed by atoms with Gasteiger partial charge < -0.3 is 5.11 Å². The molecule has 0 spiro atoms. The molecule has 1 unspecified atom stereocenters. The molecule has 0 saturated carbocycles. The van der Waals surface area contributed by atoms with Gasteiger partial charge in [-0.05, 0) is 56.0 Å². The Morgan fingerprint density at radius 2 is 2.00 bits per heavy atom. The van der Waals surface area contributed by atoms with Crippen LogP contribution in [0.2, 0.25) is 0 Å². The lowest BCUT2D eigenvalue weighted by Crippen LogP contribution is -2.24. The monoisotopic (exact) mass is 257 g/mol. The standard InChI is InChI=1S/C17H23NO/c1-15-4-2-11-18(12-10-15)14-17-8-6-16(7-9-17)5-3-13-19/h6-9,15,19H,2,4,10-14H2,1H3. The summed E-state index contributed by atoms with van der Waals surface area (Å²) in [5.74, 6) is 6.48. The van der Waals surface area contributed by atoms with Gasteiger partial charge in [0.05, 0.1) is 0 Å². The average molecular weight is 257 g/mol. The van der Waals surface area contributed by atoms with Gasteiger partial charge in [0.1, 0.15) is 6.61 Å². The lowest BCUT2D eigenvalue weighted by Gasteiger charge is -2.19. The van der Waals surface area contributed by atoms with Gasteiger partial charge in [0.2, 0.25) is 0 Å². The Balaban J connectivity index is 1.91. The Kier molecular flexibility index (Phi) is 5.44. The van der Waals surface area contributed by atoms with Crippen LogP contribution in [0.4, 0.5) is 0 Å². The first-order valence-corrected chi connectivity index (χ1v) is 7.19. The van der Waals surface area contributed by atoms with E-state index < -0.39 is 0 Å². The lowest BCUT2D eigenvalue weighted by molar-refractivity contribution is 0.273. The number of benzene rings is 1. The van der Waals surface area contributed by atoms with Crippen LogP contribution in [-0.4, -0.2) is 29.7 Å². The molecule has 2 rings (SSSR count). The van der Waals surface area contributed by atoms with E-state index in [0.29, 0.717) is 0 Å². The van der Waals surface area contributed by atoms with Crippen molar-refractivity contribution in [3.63, 3.8) is 0 Å². The molecule has 2 nitrogen and oxygen atoms in total. The zero-order chi connectivity index (χ0) is 13.5. The summed E-state index contributed by atoms with van der Waals surface area (Å²) in [6.07, 6.45) is 4.01. The summed E-state index contributed by atoms with van der Waals surface area (Å²) in [5.41, 5.74) is 2.33. The van der Waals surface area contributed by atoms with Crippen molar-refractivity contribution in [1.82, 2.24) is 4.90 Å². The highest BCUT2D eigenvalue weighted by atomic mass is 16.2. The SMILES string of the molecule is CC1CCCN(Cc2ccc(C#CCO)cc2)CC1. The number of rotatable bonds is 2. The zero-order valence-electron chi connectivity index (χ0n) is 11.7. The van der Waals surface area contributed by atoms with Crippen LogP contribution in [0.3, 0.4) is 0 Å². The zero-order valence-corrected chi connectivity index (χ0v) is 11.7. The van der Waals surface area contributed by atoms with Gasteiger partial charge in [0.25, 0.3) is 0 Å². The van der Waals surface area contributed by atoms with E-state index >= 15 is 0 Å². The van der Waals surface area contributed by atoms with E-state index in [1.807, 2.05) is 12.1 Å². The van der Waals surface area contributed by atoms with Gasteiger partial charge in [-0.25, -0.2) is 0 Å². The molecule has 1 heterocycles. The molecule has 102 valence electrons. The van der Waals surface area contributed by atoms with E-state index in [4.69, 9.17) is 5.11 Å². The highest BCUT2D eigenvalue weighted by Crippen LogP contribution is 2.18. The third-order valence-electron chi connectivity index (χ3n) is 3.78. The Bertz CT molecular complexity index is 441. The first kappa shape index (κ1) is 14.1. The molecule has 1 aromatic rings. The van der Waals surface area contributed by atoms with Crippen molar-refractivity contribution in [2.45, 2.75) is 32.7 Å². The fraction of sp³-hybridized carbons (Fsp3) is 0.529. The number of hydrogen-bond acceptors (Lipinski definition) is 2. The minimum atomic E-state index is -0.0757. The van der Waals surface area contributed by atoms with Gasteiger partial charge in [0, 0.05) is 12.1 Å². The van der Waals surface area contributed by atoms with Gasteiger partial charge in [0.15, 0.2) is 0 Å². The van der Waals surface area contributed by atoms with E-state index in [9.17, 15) is 0 Å². The number of nitrogens with zero attached hydrogens (tertiary/aromatic N) is 1. The molecule has 1 fully saturated rings. The summed E-state index contributed by atoms with van der Waals surface area (Å²) in [7, 11) is 0. The molecule has 0 aliphatic carbocycles. The fourth-order valence-electron chi connectivity index (χ4n) is 2.57. The third-order valence-corrected chi connectivity index (χ3v) is 3.78. The van der Waals surface area contributed by atoms with Crippen molar-refractivity contribution in [3.05, 3.63) is 35.4 Å². The van der Waals surface area contributed by atoms with Gasteiger partial charge in [-0.3, -0.25) is 4.90 Å². The van der Waals surface area contributed by atoms with Crippen LogP contribution in [0.25, 0.3) is 0 Å². The van der Waals surface area contributed by atoms with E-state index in [1.165, 1.54) is 37.9 Å². The lowest BCUT2D eigenvalue weighted by atomic mass is 10.0. The molecular formula is C17H23NO. The number of aliphatic hydroxyl groups is 1. The largest absolute Gasteiger partial charge is 0.384 e. The van der Waals surface area contributed by atoms with E-state index in [0.717, 1.165) is 18.0 Å². The molecule has 1 aromatic carbocycles. The molecule has 19 heavy (non-hydrogen) atoms. The number of likely N-dealkylation sites (tertiary alicyclic amines) is 1. The molecule has 1 N–H and O–H groups in total. The summed E-state index contributed by atoms with van der Waals surface area (Å²) >= 11 is 0. The predicted molar refractivity (Wildman–Crippen MR) is 78.7 cm³/mol. The van der Waals surface area contributed by atoms with Crippen molar-refractivity contribution in [2.24, 2.45) is 5.92 Å². The van der Waals surface area contributed by atoms with Crippen molar-refractivity contribution < 1.29 is 5.11 Å². The smallest absolute Gasteiger partial charge is 0.104 e. The van der Waals surface area contributed by atoms with Crippen LogP contribution in [0.1, 0.15) is 37.3 Å². The van der Waals surface area contributed by atoms with Gasteiger partial charge in [-0.1, -0.05) is 30.9 Å². The van der Waals surface area contributed by atoms with Crippen molar-refractivity contribution in [2.75, 3.05) is 19.7 Å². The van der Waals surface area contributed by atoms with Crippen LogP contribution in [-0.2, 0) is 6.54 Å². The second-order valence-electron chi connectivity index (χ2n) is 5.47. The molecule has 0 radical (unpaired) electrons. The molecule has 2 heteroatoms. The summed E-state index contributed by atoms with van der Waals surface area (Å²) in [5, 5.41) is 8.67. The molecule has 1 saturated heterocycles. The molecule has 1 aliphatic heterocycles. The molecular weight excluding hydrogens is 234 g/mol. The van der Waals surface area contributed by atoms with Crippen LogP contribution < -0.4 is 0 Å². The summed E-state index contributed by atoms with van der Waals surface area (Å²) in [6.45, 7) is 5.76. The van der Waals surface area contributed by atoms with E-state index in [2.05, 4.69) is 35.8 Å².